The van der Waals surface area contributed by atoms with Gasteiger partial charge in [0, 0.05) is 26.2 Å². The topological polar surface area (TPSA) is 79.9 Å². The Labute approximate surface area is 151 Å². The highest BCUT2D eigenvalue weighted by Crippen LogP contribution is 2.09. The maximum atomic E-state index is 11.4. The number of guanidine groups is 1. The summed E-state index contributed by atoms with van der Waals surface area (Å²) < 4.78 is 5.16. The number of ether oxygens (including phenoxy) is 1. The van der Waals surface area contributed by atoms with Crippen molar-refractivity contribution in [2.24, 2.45) is 10.7 Å². The summed E-state index contributed by atoms with van der Waals surface area (Å²) in [6.07, 6.45) is 5.32. The van der Waals surface area contributed by atoms with Crippen LogP contribution in [0.15, 0.2) is 4.99 Å². The van der Waals surface area contributed by atoms with Gasteiger partial charge < -0.3 is 20.7 Å². The van der Waals surface area contributed by atoms with Crippen molar-refractivity contribution in [3.63, 3.8) is 0 Å². The van der Waals surface area contributed by atoms with E-state index in [9.17, 15) is 4.79 Å². The molecule has 1 fully saturated rings. The summed E-state index contributed by atoms with van der Waals surface area (Å²) in [5, 5.41) is 2.72. The van der Waals surface area contributed by atoms with Crippen molar-refractivity contribution in [1.29, 1.82) is 0 Å². The number of hydrogen-bond acceptors (Lipinski definition) is 3. The lowest BCUT2D eigenvalue weighted by Crippen LogP contribution is -2.38. The first kappa shape index (κ1) is 21.3. The summed E-state index contributed by atoms with van der Waals surface area (Å²) in [7, 11) is 0. The second-order valence-electron chi connectivity index (χ2n) is 6.42. The first-order chi connectivity index (χ1) is 9.88. The van der Waals surface area contributed by atoms with Gasteiger partial charge in [-0.3, -0.25) is 4.99 Å². The van der Waals surface area contributed by atoms with Crippen LogP contribution in [0.2, 0.25) is 0 Å². The molecule has 1 rings (SSSR count). The Bertz CT molecular complexity index is 348. The second kappa shape index (κ2) is 10.9. The molecule has 1 aliphatic heterocycles. The smallest absolute Gasteiger partial charge is 0.407 e. The van der Waals surface area contributed by atoms with Crippen molar-refractivity contribution >= 4 is 36.0 Å². The minimum absolute atomic E-state index is 0. The molecular formula is C15H31IN4O2. The number of halogens is 1. The molecule has 1 saturated heterocycles. The van der Waals surface area contributed by atoms with Crippen LogP contribution in [0.4, 0.5) is 4.79 Å². The number of nitrogens with one attached hydrogen (secondary N) is 1. The highest BCUT2D eigenvalue weighted by Gasteiger charge is 2.15. The summed E-state index contributed by atoms with van der Waals surface area (Å²) >= 11 is 0. The average Bonchev–Trinajstić information content (AvgIpc) is 2.64. The minimum Gasteiger partial charge on any atom is -0.444 e. The van der Waals surface area contributed by atoms with Crippen LogP contribution < -0.4 is 11.1 Å². The zero-order valence-corrected chi connectivity index (χ0v) is 16.4. The number of likely N-dealkylation sites (tertiary alicyclic amines) is 1. The average molecular weight is 426 g/mol. The zero-order chi connectivity index (χ0) is 15.7. The molecule has 0 atom stereocenters. The van der Waals surface area contributed by atoms with E-state index in [2.05, 4.69) is 15.2 Å². The Balaban J connectivity index is 0.00000441. The van der Waals surface area contributed by atoms with Gasteiger partial charge in [-0.15, -0.1) is 24.0 Å². The fraction of sp³-hybridized carbons (Fsp3) is 0.867. The van der Waals surface area contributed by atoms with E-state index < -0.39 is 5.60 Å². The van der Waals surface area contributed by atoms with E-state index in [1.54, 1.807) is 0 Å². The number of amides is 1. The van der Waals surface area contributed by atoms with E-state index >= 15 is 0 Å². The quantitative estimate of drug-likeness (QED) is 0.314. The standard InChI is InChI=1S/C15H30N4O2.HI/c1-15(2,3)21-14(20)18-10-8-9-17-13(16)19-11-6-4-5-7-12-19;/h4-12H2,1-3H3,(H2,16,17)(H,18,20);1H. The molecule has 6 nitrogen and oxygen atoms in total. The molecule has 1 heterocycles. The molecule has 0 spiro atoms. The van der Waals surface area contributed by atoms with Gasteiger partial charge in [0.2, 0.25) is 0 Å². The molecule has 7 heteroatoms. The van der Waals surface area contributed by atoms with Crippen LogP contribution >= 0.6 is 24.0 Å². The van der Waals surface area contributed by atoms with Gasteiger partial charge in [-0.05, 0) is 40.0 Å². The first-order valence-electron chi connectivity index (χ1n) is 7.90. The van der Waals surface area contributed by atoms with Gasteiger partial charge in [0.1, 0.15) is 5.60 Å². The van der Waals surface area contributed by atoms with E-state index in [0.717, 1.165) is 19.5 Å². The highest BCUT2D eigenvalue weighted by molar-refractivity contribution is 14.0. The molecule has 0 bridgehead atoms. The van der Waals surface area contributed by atoms with Crippen molar-refractivity contribution in [2.75, 3.05) is 26.2 Å². The molecular weight excluding hydrogens is 395 g/mol. The van der Waals surface area contributed by atoms with Crippen LogP contribution in [0.25, 0.3) is 0 Å². The predicted octanol–water partition coefficient (Wildman–Crippen LogP) is 2.71. The second-order valence-corrected chi connectivity index (χ2v) is 6.42. The third-order valence-electron chi connectivity index (χ3n) is 3.21. The molecule has 0 radical (unpaired) electrons. The highest BCUT2D eigenvalue weighted by atomic mass is 127. The summed E-state index contributed by atoms with van der Waals surface area (Å²) in [6, 6.07) is 0. The third kappa shape index (κ3) is 10.1. The number of aliphatic imine (C=N–C) groups is 1. The molecule has 1 aliphatic rings. The Morgan fingerprint density at radius 3 is 2.36 bits per heavy atom. The molecule has 1 amide bonds. The van der Waals surface area contributed by atoms with Crippen molar-refractivity contribution < 1.29 is 9.53 Å². The monoisotopic (exact) mass is 426 g/mol. The molecule has 0 aromatic carbocycles. The van der Waals surface area contributed by atoms with E-state index in [1.807, 2.05) is 20.8 Å². The summed E-state index contributed by atoms with van der Waals surface area (Å²) in [4.78, 5) is 18.0. The normalized spacial score (nSPS) is 16.5. The number of rotatable bonds is 4. The van der Waals surface area contributed by atoms with Gasteiger partial charge in [0.15, 0.2) is 5.96 Å². The number of nitrogens with zero attached hydrogens (tertiary/aromatic N) is 2. The number of carbonyl (C=O) groups is 1. The Morgan fingerprint density at radius 2 is 1.82 bits per heavy atom. The fourth-order valence-corrected chi connectivity index (χ4v) is 2.18. The maximum absolute atomic E-state index is 11.4. The van der Waals surface area contributed by atoms with E-state index in [4.69, 9.17) is 10.5 Å². The zero-order valence-electron chi connectivity index (χ0n) is 14.1. The van der Waals surface area contributed by atoms with Gasteiger partial charge in [0.05, 0.1) is 0 Å². The number of carbonyl (C=O) groups excluding carboxylic acids is 1. The number of alkyl carbamates (subject to hydrolysis) is 1. The lowest BCUT2D eigenvalue weighted by molar-refractivity contribution is 0.0527. The van der Waals surface area contributed by atoms with Crippen LogP contribution in [0.3, 0.4) is 0 Å². The molecule has 0 saturated carbocycles. The Morgan fingerprint density at radius 1 is 1.23 bits per heavy atom. The van der Waals surface area contributed by atoms with Crippen molar-refractivity contribution in [3.8, 4) is 0 Å². The Hall–Kier alpha value is -0.730. The van der Waals surface area contributed by atoms with Crippen LogP contribution in [0.5, 0.6) is 0 Å². The molecule has 0 aromatic rings. The summed E-state index contributed by atoms with van der Waals surface area (Å²) in [6.45, 7) is 8.72. The van der Waals surface area contributed by atoms with Crippen LogP contribution in [-0.2, 0) is 4.74 Å². The van der Waals surface area contributed by atoms with Gasteiger partial charge in [-0.1, -0.05) is 12.8 Å². The van der Waals surface area contributed by atoms with Gasteiger partial charge >= 0.3 is 6.09 Å². The lowest BCUT2D eigenvalue weighted by atomic mass is 10.2. The van der Waals surface area contributed by atoms with Gasteiger partial charge in [-0.25, -0.2) is 4.79 Å². The molecule has 22 heavy (non-hydrogen) atoms. The van der Waals surface area contributed by atoms with E-state index in [-0.39, 0.29) is 30.1 Å². The van der Waals surface area contributed by atoms with Crippen molar-refractivity contribution in [1.82, 2.24) is 10.2 Å². The number of hydrogen-bond donors (Lipinski definition) is 2. The minimum atomic E-state index is -0.459. The Kier molecular flexibility index (Phi) is 10.5. The van der Waals surface area contributed by atoms with Crippen molar-refractivity contribution in [3.05, 3.63) is 0 Å². The van der Waals surface area contributed by atoms with Crippen LogP contribution in [0.1, 0.15) is 52.9 Å². The molecule has 0 unspecified atom stereocenters. The van der Waals surface area contributed by atoms with Gasteiger partial charge in [0.25, 0.3) is 0 Å². The summed E-state index contributed by atoms with van der Waals surface area (Å²) in [5.74, 6) is 0.633. The fourth-order valence-electron chi connectivity index (χ4n) is 2.18. The predicted molar refractivity (Wildman–Crippen MR) is 101 cm³/mol. The van der Waals surface area contributed by atoms with E-state index in [1.165, 1.54) is 25.7 Å². The molecule has 0 aromatic heterocycles. The first-order valence-corrected chi connectivity index (χ1v) is 7.90. The maximum Gasteiger partial charge on any atom is 0.407 e. The van der Waals surface area contributed by atoms with E-state index in [0.29, 0.717) is 19.0 Å². The van der Waals surface area contributed by atoms with Gasteiger partial charge in [-0.2, -0.15) is 0 Å². The lowest BCUT2D eigenvalue weighted by Gasteiger charge is -2.21. The van der Waals surface area contributed by atoms with Crippen LogP contribution in [0, 0.1) is 0 Å². The number of nitrogens with two attached hydrogens (primary N) is 1. The van der Waals surface area contributed by atoms with Crippen LogP contribution in [-0.4, -0.2) is 48.7 Å². The SMILES string of the molecule is CC(C)(C)OC(=O)NCCCN=C(N)N1CCCCCC1.I. The molecule has 3 N–H and O–H groups in total. The largest absolute Gasteiger partial charge is 0.444 e. The summed E-state index contributed by atoms with van der Waals surface area (Å²) in [5.41, 5.74) is 5.55. The molecule has 0 aliphatic carbocycles. The third-order valence-corrected chi connectivity index (χ3v) is 3.21. The molecule has 130 valence electrons. The van der Waals surface area contributed by atoms with Crippen molar-refractivity contribution in [2.45, 2.75) is 58.5 Å².